The molecule has 0 fully saturated rings. The fourth-order valence-electron chi connectivity index (χ4n) is 0.906. The summed E-state index contributed by atoms with van der Waals surface area (Å²) < 4.78 is 0. The summed E-state index contributed by atoms with van der Waals surface area (Å²) in [4.78, 5) is 7.84. The van der Waals surface area contributed by atoms with Crippen LogP contribution in [0.4, 0.5) is 0 Å². The molecule has 0 amide bonds. The molecule has 0 radical (unpaired) electrons. The van der Waals surface area contributed by atoms with Crippen LogP contribution in [0.25, 0.3) is 0 Å². The van der Waals surface area contributed by atoms with E-state index in [0.717, 1.165) is 5.69 Å². The number of hydrogen-bond donors (Lipinski definition) is 3. The summed E-state index contributed by atoms with van der Waals surface area (Å²) in [7, 11) is 0. The van der Waals surface area contributed by atoms with Crippen molar-refractivity contribution in [2.24, 2.45) is 10.9 Å². The van der Waals surface area contributed by atoms with Crippen LogP contribution in [0.3, 0.4) is 0 Å². The molecule has 6 nitrogen and oxygen atoms in total. The molecule has 6 heteroatoms. The van der Waals surface area contributed by atoms with E-state index in [1.54, 1.807) is 6.20 Å². The molecule has 0 bridgehead atoms. The van der Waals surface area contributed by atoms with Crippen LogP contribution in [0.1, 0.15) is 12.1 Å². The van der Waals surface area contributed by atoms with E-state index < -0.39 is 0 Å². The first-order valence-electron chi connectivity index (χ1n) is 4.25. The molecular formula is C8H13N5O. The van der Waals surface area contributed by atoms with Gasteiger partial charge >= 0.3 is 0 Å². The zero-order valence-corrected chi connectivity index (χ0v) is 7.72. The standard InChI is InChI=1S/C8H13N5O/c9-8(13-14)2-4-10-5-7-1-3-11-6-12-7/h1,3,6,10,14H,2,4-5H2,(H2,9,13). The lowest BCUT2D eigenvalue weighted by Crippen LogP contribution is -2.22. The second kappa shape index (κ2) is 5.87. The van der Waals surface area contributed by atoms with Gasteiger partial charge in [-0.1, -0.05) is 5.16 Å². The highest BCUT2D eigenvalue weighted by atomic mass is 16.4. The van der Waals surface area contributed by atoms with Crippen LogP contribution in [-0.4, -0.2) is 27.6 Å². The number of nitrogens with zero attached hydrogens (tertiary/aromatic N) is 3. The summed E-state index contributed by atoms with van der Waals surface area (Å²) in [5.41, 5.74) is 6.20. The van der Waals surface area contributed by atoms with Gasteiger partial charge in [0.2, 0.25) is 0 Å². The number of hydrogen-bond acceptors (Lipinski definition) is 5. The molecule has 14 heavy (non-hydrogen) atoms. The Morgan fingerprint density at radius 3 is 3.14 bits per heavy atom. The maximum atomic E-state index is 8.27. The molecule has 0 saturated heterocycles. The van der Waals surface area contributed by atoms with Crippen molar-refractivity contribution >= 4 is 5.84 Å². The fraction of sp³-hybridized carbons (Fsp3) is 0.375. The Hall–Kier alpha value is -1.69. The van der Waals surface area contributed by atoms with Gasteiger partial charge in [-0.25, -0.2) is 9.97 Å². The highest BCUT2D eigenvalue weighted by molar-refractivity contribution is 5.79. The molecule has 1 rings (SSSR count). The number of nitrogens with two attached hydrogens (primary N) is 1. The lowest BCUT2D eigenvalue weighted by molar-refractivity contribution is 0.316. The number of aromatic nitrogens is 2. The van der Waals surface area contributed by atoms with Gasteiger partial charge in [0.1, 0.15) is 12.2 Å². The molecule has 4 N–H and O–H groups in total. The van der Waals surface area contributed by atoms with Crippen molar-refractivity contribution in [1.82, 2.24) is 15.3 Å². The molecular weight excluding hydrogens is 182 g/mol. The first-order valence-corrected chi connectivity index (χ1v) is 4.25. The second-order valence-electron chi connectivity index (χ2n) is 2.72. The zero-order valence-electron chi connectivity index (χ0n) is 7.72. The summed E-state index contributed by atoms with van der Waals surface area (Å²) in [5, 5.41) is 14.2. The number of nitrogens with one attached hydrogen (secondary N) is 1. The normalized spacial score (nSPS) is 11.6. The minimum absolute atomic E-state index is 0.222. The van der Waals surface area contributed by atoms with Crippen molar-refractivity contribution in [3.8, 4) is 0 Å². The van der Waals surface area contributed by atoms with Crippen molar-refractivity contribution in [3.05, 3.63) is 24.3 Å². The molecule has 1 heterocycles. The van der Waals surface area contributed by atoms with Gasteiger partial charge in [-0.2, -0.15) is 0 Å². The van der Waals surface area contributed by atoms with Gasteiger partial charge in [-0.15, -0.1) is 0 Å². The Bertz CT molecular complexity index is 287. The van der Waals surface area contributed by atoms with E-state index in [1.165, 1.54) is 6.33 Å². The van der Waals surface area contributed by atoms with E-state index in [1.807, 2.05) is 6.07 Å². The summed E-state index contributed by atoms with van der Waals surface area (Å²) in [6, 6.07) is 1.83. The van der Waals surface area contributed by atoms with Gasteiger partial charge in [-0.3, -0.25) is 0 Å². The van der Waals surface area contributed by atoms with Crippen molar-refractivity contribution in [2.45, 2.75) is 13.0 Å². The largest absolute Gasteiger partial charge is 0.409 e. The molecule has 0 atom stereocenters. The minimum atomic E-state index is 0.222. The summed E-state index contributed by atoms with van der Waals surface area (Å²) in [6.45, 7) is 1.31. The lowest BCUT2D eigenvalue weighted by Gasteiger charge is -2.02. The molecule has 0 spiro atoms. The first kappa shape index (κ1) is 10.4. The van der Waals surface area contributed by atoms with E-state index >= 15 is 0 Å². The van der Waals surface area contributed by atoms with Gasteiger partial charge in [0.25, 0.3) is 0 Å². The van der Waals surface area contributed by atoms with Crippen molar-refractivity contribution in [1.29, 1.82) is 0 Å². The molecule has 1 aromatic heterocycles. The smallest absolute Gasteiger partial charge is 0.140 e. The van der Waals surface area contributed by atoms with Crippen LogP contribution in [0.2, 0.25) is 0 Å². The zero-order chi connectivity index (χ0) is 10.2. The first-order chi connectivity index (χ1) is 6.83. The Morgan fingerprint density at radius 1 is 1.64 bits per heavy atom. The summed E-state index contributed by atoms with van der Waals surface area (Å²) >= 11 is 0. The fourth-order valence-corrected chi connectivity index (χ4v) is 0.906. The number of oxime groups is 1. The summed E-state index contributed by atoms with van der Waals surface area (Å²) in [5.74, 6) is 0.222. The van der Waals surface area contributed by atoms with Gasteiger partial charge in [0, 0.05) is 25.7 Å². The van der Waals surface area contributed by atoms with Crippen LogP contribution in [0.5, 0.6) is 0 Å². The van der Waals surface area contributed by atoms with Crippen LogP contribution in [0.15, 0.2) is 23.7 Å². The Labute approximate surface area is 81.9 Å². The Morgan fingerprint density at radius 2 is 2.50 bits per heavy atom. The molecule has 0 aliphatic carbocycles. The summed E-state index contributed by atoms with van der Waals surface area (Å²) in [6.07, 6.45) is 3.70. The van der Waals surface area contributed by atoms with Crippen LogP contribution in [-0.2, 0) is 6.54 Å². The third-order valence-corrected chi connectivity index (χ3v) is 1.64. The second-order valence-corrected chi connectivity index (χ2v) is 2.72. The predicted molar refractivity (Wildman–Crippen MR) is 51.8 cm³/mol. The average Bonchev–Trinajstić information content (AvgIpc) is 2.25. The molecule has 0 saturated carbocycles. The highest BCUT2D eigenvalue weighted by Crippen LogP contribution is 1.89. The SMILES string of the molecule is N/C(CCNCc1ccncn1)=N/O. The quantitative estimate of drug-likeness (QED) is 0.197. The molecule has 0 aliphatic rings. The van der Waals surface area contributed by atoms with Crippen molar-refractivity contribution in [3.63, 3.8) is 0 Å². The van der Waals surface area contributed by atoms with E-state index in [2.05, 4.69) is 20.4 Å². The Balaban J connectivity index is 2.17. The predicted octanol–water partition coefficient (Wildman–Crippen LogP) is -0.297. The van der Waals surface area contributed by atoms with Gasteiger partial charge in [-0.05, 0) is 6.07 Å². The monoisotopic (exact) mass is 195 g/mol. The third-order valence-electron chi connectivity index (χ3n) is 1.64. The van der Waals surface area contributed by atoms with Crippen LogP contribution in [0, 0.1) is 0 Å². The van der Waals surface area contributed by atoms with Crippen LogP contribution < -0.4 is 11.1 Å². The lowest BCUT2D eigenvalue weighted by atomic mass is 10.3. The minimum Gasteiger partial charge on any atom is -0.409 e. The molecule has 76 valence electrons. The number of amidine groups is 1. The van der Waals surface area contributed by atoms with E-state index in [-0.39, 0.29) is 5.84 Å². The topological polar surface area (TPSA) is 96.4 Å². The van der Waals surface area contributed by atoms with Crippen LogP contribution >= 0.6 is 0 Å². The van der Waals surface area contributed by atoms with Gasteiger partial charge in [0.15, 0.2) is 0 Å². The van der Waals surface area contributed by atoms with E-state index in [0.29, 0.717) is 19.5 Å². The maximum absolute atomic E-state index is 8.27. The van der Waals surface area contributed by atoms with Crippen molar-refractivity contribution < 1.29 is 5.21 Å². The highest BCUT2D eigenvalue weighted by Gasteiger charge is 1.94. The maximum Gasteiger partial charge on any atom is 0.140 e. The van der Waals surface area contributed by atoms with Crippen molar-refractivity contribution in [2.75, 3.05) is 6.54 Å². The molecule has 0 unspecified atom stereocenters. The average molecular weight is 195 g/mol. The third kappa shape index (κ3) is 3.81. The molecule has 0 aliphatic heterocycles. The molecule has 1 aromatic rings. The van der Waals surface area contributed by atoms with Gasteiger partial charge < -0.3 is 16.3 Å². The number of rotatable bonds is 5. The van der Waals surface area contributed by atoms with Gasteiger partial charge in [0.05, 0.1) is 5.69 Å². The molecule has 0 aromatic carbocycles. The van der Waals surface area contributed by atoms with E-state index in [4.69, 9.17) is 10.9 Å². The van der Waals surface area contributed by atoms with E-state index in [9.17, 15) is 0 Å². The Kier molecular flexibility index (Phi) is 4.36.